The number of hydrogen-bond donors (Lipinski definition) is 1. The van der Waals surface area contributed by atoms with Crippen molar-refractivity contribution in [1.82, 2.24) is 4.57 Å². The number of amides is 1. The molecule has 1 aromatic carbocycles. The van der Waals surface area contributed by atoms with Crippen molar-refractivity contribution >= 4 is 33.1 Å². The number of nitrogens with zero attached hydrogens (tertiary/aromatic N) is 1. The van der Waals surface area contributed by atoms with Gasteiger partial charge in [-0.2, -0.15) is 0 Å². The summed E-state index contributed by atoms with van der Waals surface area (Å²) in [5.41, 5.74) is 1.67. The standard InChI is InChI=1S/C12H14N2O2S/c1-3-11(15)13-8-5-6-9-10(7-8)17-12(16)14(9)4-2/h5-7H,3-4H2,1-2H3,(H,13,15). The summed E-state index contributed by atoms with van der Waals surface area (Å²) in [4.78, 5) is 23.0. The third-order valence-electron chi connectivity index (χ3n) is 2.59. The SMILES string of the molecule is CCC(=O)Nc1ccc2c(c1)sc(=O)n2CC. The molecule has 0 aliphatic heterocycles. The molecule has 4 nitrogen and oxygen atoms in total. The van der Waals surface area contributed by atoms with Crippen LogP contribution in [0.5, 0.6) is 0 Å². The molecule has 1 amide bonds. The van der Waals surface area contributed by atoms with Crippen LogP contribution in [-0.2, 0) is 11.3 Å². The molecule has 5 heteroatoms. The van der Waals surface area contributed by atoms with Crippen LogP contribution in [0.1, 0.15) is 20.3 Å². The second kappa shape index (κ2) is 4.71. The Kier molecular flexibility index (Phi) is 3.28. The maximum atomic E-state index is 11.7. The van der Waals surface area contributed by atoms with Gasteiger partial charge in [-0.15, -0.1) is 0 Å². The van der Waals surface area contributed by atoms with Gasteiger partial charge in [0.2, 0.25) is 5.91 Å². The van der Waals surface area contributed by atoms with Gasteiger partial charge in [0, 0.05) is 18.7 Å². The van der Waals surface area contributed by atoms with Crippen LogP contribution in [0.15, 0.2) is 23.0 Å². The monoisotopic (exact) mass is 250 g/mol. The van der Waals surface area contributed by atoms with Gasteiger partial charge < -0.3 is 5.32 Å². The molecule has 0 bridgehead atoms. The van der Waals surface area contributed by atoms with E-state index in [0.29, 0.717) is 13.0 Å². The number of fused-ring (bicyclic) bond motifs is 1. The lowest BCUT2D eigenvalue weighted by atomic mass is 10.3. The van der Waals surface area contributed by atoms with E-state index in [-0.39, 0.29) is 10.8 Å². The van der Waals surface area contributed by atoms with Crippen molar-refractivity contribution in [3.05, 3.63) is 27.9 Å². The smallest absolute Gasteiger partial charge is 0.308 e. The molecule has 1 heterocycles. The van der Waals surface area contributed by atoms with Crippen LogP contribution >= 0.6 is 11.3 Å². The molecule has 2 aromatic rings. The number of benzene rings is 1. The predicted octanol–water partition coefficient (Wildman–Crippen LogP) is 2.43. The zero-order valence-electron chi connectivity index (χ0n) is 9.82. The highest BCUT2D eigenvalue weighted by molar-refractivity contribution is 7.16. The first kappa shape index (κ1) is 11.9. The lowest BCUT2D eigenvalue weighted by molar-refractivity contribution is -0.115. The van der Waals surface area contributed by atoms with E-state index >= 15 is 0 Å². The zero-order valence-corrected chi connectivity index (χ0v) is 10.6. The molecule has 2 rings (SSSR count). The number of anilines is 1. The summed E-state index contributed by atoms with van der Waals surface area (Å²) < 4.78 is 2.64. The van der Waals surface area contributed by atoms with Crippen LogP contribution in [0.4, 0.5) is 5.69 Å². The van der Waals surface area contributed by atoms with Gasteiger partial charge in [-0.1, -0.05) is 18.3 Å². The van der Waals surface area contributed by atoms with Crippen LogP contribution < -0.4 is 10.2 Å². The van der Waals surface area contributed by atoms with E-state index < -0.39 is 0 Å². The van der Waals surface area contributed by atoms with E-state index in [2.05, 4.69) is 5.32 Å². The molecular weight excluding hydrogens is 236 g/mol. The second-order valence-electron chi connectivity index (χ2n) is 3.70. The van der Waals surface area contributed by atoms with E-state index in [9.17, 15) is 9.59 Å². The number of rotatable bonds is 3. The number of thiazole rings is 1. The Morgan fingerprint density at radius 3 is 2.82 bits per heavy atom. The van der Waals surface area contributed by atoms with Crippen molar-refractivity contribution in [2.24, 2.45) is 0 Å². The van der Waals surface area contributed by atoms with Crippen molar-refractivity contribution < 1.29 is 4.79 Å². The van der Waals surface area contributed by atoms with E-state index in [1.807, 2.05) is 25.1 Å². The number of aromatic nitrogens is 1. The molecule has 1 N–H and O–H groups in total. The fourth-order valence-corrected chi connectivity index (χ4v) is 2.69. The average molecular weight is 250 g/mol. The Morgan fingerprint density at radius 2 is 2.18 bits per heavy atom. The summed E-state index contributed by atoms with van der Waals surface area (Å²) in [7, 11) is 0. The Hall–Kier alpha value is -1.62. The summed E-state index contributed by atoms with van der Waals surface area (Å²) >= 11 is 1.21. The van der Waals surface area contributed by atoms with E-state index in [0.717, 1.165) is 15.9 Å². The van der Waals surface area contributed by atoms with Gasteiger partial charge in [-0.25, -0.2) is 0 Å². The molecule has 0 saturated carbocycles. The van der Waals surface area contributed by atoms with Crippen LogP contribution in [-0.4, -0.2) is 10.5 Å². The van der Waals surface area contributed by atoms with Gasteiger partial charge in [0.15, 0.2) is 0 Å². The third-order valence-corrected chi connectivity index (χ3v) is 3.53. The maximum absolute atomic E-state index is 11.7. The molecule has 17 heavy (non-hydrogen) atoms. The van der Waals surface area contributed by atoms with Crippen LogP contribution in [0, 0.1) is 0 Å². The number of carbonyl (C=O) groups excluding carboxylic acids is 1. The minimum atomic E-state index is -0.0216. The molecule has 0 spiro atoms. The molecule has 0 saturated heterocycles. The summed E-state index contributed by atoms with van der Waals surface area (Å²) in [6, 6.07) is 5.55. The summed E-state index contributed by atoms with van der Waals surface area (Å²) in [5, 5.41) is 2.79. The van der Waals surface area contributed by atoms with Crippen molar-refractivity contribution in [3.63, 3.8) is 0 Å². The lowest BCUT2D eigenvalue weighted by Crippen LogP contribution is -2.10. The molecule has 90 valence electrons. The van der Waals surface area contributed by atoms with E-state index in [4.69, 9.17) is 0 Å². The van der Waals surface area contributed by atoms with Gasteiger partial charge in [-0.05, 0) is 25.1 Å². The summed E-state index contributed by atoms with van der Waals surface area (Å²) in [5.74, 6) is -0.0216. The van der Waals surface area contributed by atoms with Crippen molar-refractivity contribution in [2.75, 3.05) is 5.32 Å². The molecule has 0 unspecified atom stereocenters. The van der Waals surface area contributed by atoms with E-state index in [1.165, 1.54) is 11.3 Å². The lowest BCUT2D eigenvalue weighted by Gasteiger charge is -2.04. The van der Waals surface area contributed by atoms with Crippen LogP contribution in [0.2, 0.25) is 0 Å². The molecule has 0 fully saturated rings. The van der Waals surface area contributed by atoms with Gasteiger partial charge in [-0.3, -0.25) is 14.2 Å². The van der Waals surface area contributed by atoms with Crippen molar-refractivity contribution in [1.29, 1.82) is 0 Å². The van der Waals surface area contributed by atoms with Crippen LogP contribution in [0.3, 0.4) is 0 Å². The molecule has 0 aliphatic carbocycles. The first-order valence-corrected chi connectivity index (χ1v) is 6.40. The quantitative estimate of drug-likeness (QED) is 0.909. The Balaban J connectivity index is 2.45. The van der Waals surface area contributed by atoms with E-state index in [1.54, 1.807) is 11.5 Å². The number of aryl methyl sites for hydroxylation is 1. The van der Waals surface area contributed by atoms with Crippen molar-refractivity contribution in [3.8, 4) is 0 Å². The van der Waals surface area contributed by atoms with Gasteiger partial charge in [0.25, 0.3) is 0 Å². The first-order chi connectivity index (χ1) is 8.15. The highest BCUT2D eigenvalue weighted by atomic mass is 32.1. The van der Waals surface area contributed by atoms with Crippen molar-refractivity contribution in [2.45, 2.75) is 26.8 Å². The first-order valence-electron chi connectivity index (χ1n) is 5.59. The van der Waals surface area contributed by atoms with Crippen LogP contribution in [0.25, 0.3) is 10.2 Å². The molecule has 0 radical (unpaired) electrons. The largest absolute Gasteiger partial charge is 0.326 e. The predicted molar refractivity (Wildman–Crippen MR) is 70.7 cm³/mol. The number of hydrogen-bond acceptors (Lipinski definition) is 3. The maximum Gasteiger partial charge on any atom is 0.308 e. The minimum absolute atomic E-state index is 0.0216. The molecule has 0 atom stereocenters. The number of nitrogens with one attached hydrogen (secondary N) is 1. The third kappa shape index (κ3) is 2.24. The summed E-state index contributed by atoms with van der Waals surface area (Å²) in [6.07, 6.45) is 0.449. The highest BCUT2D eigenvalue weighted by Crippen LogP contribution is 2.21. The Morgan fingerprint density at radius 1 is 1.41 bits per heavy atom. The number of carbonyl (C=O) groups is 1. The fraction of sp³-hybridized carbons (Fsp3) is 0.333. The second-order valence-corrected chi connectivity index (χ2v) is 4.69. The zero-order chi connectivity index (χ0) is 12.4. The van der Waals surface area contributed by atoms with Gasteiger partial charge >= 0.3 is 4.87 Å². The molecule has 0 aliphatic rings. The van der Waals surface area contributed by atoms with Gasteiger partial charge in [0.1, 0.15) is 0 Å². The topological polar surface area (TPSA) is 51.1 Å². The minimum Gasteiger partial charge on any atom is -0.326 e. The Bertz CT molecular complexity index is 612. The fourth-order valence-electron chi connectivity index (χ4n) is 1.69. The molecule has 1 aromatic heterocycles. The normalized spacial score (nSPS) is 10.7. The summed E-state index contributed by atoms with van der Waals surface area (Å²) in [6.45, 7) is 4.42. The van der Waals surface area contributed by atoms with Gasteiger partial charge in [0.05, 0.1) is 10.2 Å². The Labute approximate surface area is 103 Å². The average Bonchev–Trinajstić information content (AvgIpc) is 2.63. The molecular formula is C12H14N2O2S. The highest BCUT2D eigenvalue weighted by Gasteiger charge is 2.07.